The Morgan fingerprint density at radius 2 is 1.74 bits per heavy atom. The summed E-state index contributed by atoms with van der Waals surface area (Å²) in [4.78, 5) is 22.6. The van der Waals surface area contributed by atoms with Crippen molar-refractivity contribution in [1.29, 1.82) is 0 Å². The molecule has 2 N–H and O–H groups in total. The molecular formula is C15H9F4NO3. The molecule has 0 saturated carbocycles. The minimum Gasteiger partial charge on any atom is -0.504 e. The standard InChI is InChI=1S/C15H9F4NO3/c16-12-6-8(5-9(7-21)13(12)22)14(23)20-11-3-1-10(2-4-11)15(17,18)19/h1-7,22H,(H,20,23). The quantitative estimate of drug-likeness (QED) is 0.668. The fraction of sp³-hybridized carbons (Fsp3) is 0.0667. The summed E-state index contributed by atoms with van der Waals surface area (Å²) in [6.07, 6.45) is -4.32. The molecule has 0 heterocycles. The first-order valence-corrected chi connectivity index (χ1v) is 6.18. The van der Waals surface area contributed by atoms with Gasteiger partial charge >= 0.3 is 6.18 Å². The molecular weight excluding hydrogens is 318 g/mol. The van der Waals surface area contributed by atoms with Crippen LogP contribution in [0.1, 0.15) is 26.3 Å². The number of hydrogen-bond donors (Lipinski definition) is 2. The first-order valence-electron chi connectivity index (χ1n) is 6.18. The summed E-state index contributed by atoms with van der Waals surface area (Å²) in [5.41, 5.74) is -1.50. The van der Waals surface area contributed by atoms with Gasteiger partial charge in [0.05, 0.1) is 11.1 Å². The molecule has 0 aromatic heterocycles. The van der Waals surface area contributed by atoms with Crippen LogP contribution in [0, 0.1) is 5.82 Å². The van der Waals surface area contributed by atoms with Crippen molar-refractivity contribution in [3.63, 3.8) is 0 Å². The Hall–Kier alpha value is -2.90. The Morgan fingerprint density at radius 1 is 1.13 bits per heavy atom. The van der Waals surface area contributed by atoms with Gasteiger partial charge in [-0.3, -0.25) is 9.59 Å². The number of amides is 1. The monoisotopic (exact) mass is 327 g/mol. The molecule has 0 aliphatic rings. The third-order valence-electron chi connectivity index (χ3n) is 2.95. The second-order valence-corrected chi connectivity index (χ2v) is 4.54. The molecule has 0 atom stereocenters. The van der Waals surface area contributed by atoms with Crippen LogP contribution in [0.3, 0.4) is 0 Å². The van der Waals surface area contributed by atoms with Crippen molar-refractivity contribution in [2.45, 2.75) is 6.18 Å². The average Bonchev–Trinajstić information content (AvgIpc) is 2.49. The number of phenolic OH excluding ortho intramolecular Hbond substituents is 1. The summed E-state index contributed by atoms with van der Waals surface area (Å²) in [6, 6.07) is 5.32. The van der Waals surface area contributed by atoms with Crippen LogP contribution < -0.4 is 5.32 Å². The summed E-state index contributed by atoms with van der Waals surface area (Å²) in [7, 11) is 0. The number of benzene rings is 2. The van der Waals surface area contributed by atoms with Gasteiger partial charge < -0.3 is 10.4 Å². The molecule has 0 aliphatic heterocycles. The van der Waals surface area contributed by atoms with E-state index in [0.29, 0.717) is 6.07 Å². The molecule has 0 radical (unpaired) electrons. The third-order valence-corrected chi connectivity index (χ3v) is 2.95. The van der Waals surface area contributed by atoms with E-state index in [1.165, 1.54) is 0 Å². The molecule has 2 aromatic carbocycles. The van der Waals surface area contributed by atoms with Crippen LogP contribution in [0.25, 0.3) is 0 Å². The van der Waals surface area contributed by atoms with Crippen LogP contribution >= 0.6 is 0 Å². The number of carbonyl (C=O) groups excluding carboxylic acids is 2. The maximum absolute atomic E-state index is 13.4. The van der Waals surface area contributed by atoms with Gasteiger partial charge in [0, 0.05) is 11.3 Å². The van der Waals surface area contributed by atoms with Crippen molar-refractivity contribution < 1.29 is 32.3 Å². The van der Waals surface area contributed by atoms with Crippen molar-refractivity contribution in [3.8, 4) is 5.75 Å². The van der Waals surface area contributed by atoms with Crippen LogP contribution in [0.15, 0.2) is 36.4 Å². The average molecular weight is 327 g/mol. The van der Waals surface area contributed by atoms with Crippen molar-refractivity contribution in [2.75, 3.05) is 5.32 Å². The van der Waals surface area contributed by atoms with Gasteiger partial charge in [0.2, 0.25) is 0 Å². The fourth-order valence-corrected chi connectivity index (χ4v) is 1.79. The molecule has 0 aliphatic carbocycles. The van der Waals surface area contributed by atoms with Crippen LogP contribution in [0.2, 0.25) is 0 Å². The fourth-order valence-electron chi connectivity index (χ4n) is 1.79. The number of nitrogens with one attached hydrogen (secondary N) is 1. The number of rotatable bonds is 3. The topological polar surface area (TPSA) is 66.4 Å². The van der Waals surface area contributed by atoms with Gasteiger partial charge in [-0.25, -0.2) is 4.39 Å². The largest absolute Gasteiger partial charge is 0.504 e. The highest BCUT2D eigenvalue weighted by molar-refractivity contribution is 6.05. The van der Waals surface area contributed by atoms with E-state index in [0.717, 1.165) is 30.3 Å². The van der Waals surface area contributed by atoms with Gasteiger partial charge in [-0.05, 0) is 36.4 Å². The minimum absolute atomic E-state index is 0.0594. The number of aromatic hydroxyl groups is 1. The number of halogens is 4. The van der Waals surface area contributed by atoms with Gasteiger partial charge in [-0.15, -0.1) is 0 Å². The molecule has 0 saturated heterocycles. The molecule has 1 amide bonds. The van der Waals surface area contributed by atoms with Crippen molar-refractivity contribution in [2.24, 2.45) is 0 Å². The van der Waals surface area contributed by atoms with Gasteiger partial charge in [0.1, 0.15) is 0 Å². The van der Waals surface area contributed by atoms with Crippen LogP contribution in [0.4, 0.5) is 23.2 Å². The number of carbonyl (C=O) groups is 2. The first kappa shape index (κ1) is 16.5. The predicted molar refractivity (Wildman–Crippen MR) is 72.8 cm³/mol. The third kappa shape index (κ3) is 3.65. The lowest BCUT2D eigenvalue weighted by Gasteiger charge is -2.09. The molecule has 0 spiro atoms. The molecule has 2 rings (SSSR count). The molecule has 23 heavy (non-hydrogen) atoms. The minimum atomic E-state index is -4.50. The molecule has 8 heteroatoms. The summed E-state index contributed by atoms with van der Waals surface area (Å²) >= 11 is 0. The second-order valence-electron chi connectivity index (χ2n) is 4.54. The zero-order chi connectivity index (χ0) is 17.2. The molecule has 0 bridgehead atoms. The maximum atomic E-state index is 13.4. The van der Waals surface area contributed by atoms with E-state index in [1.54, 1.807) is 0 Å². The van der Waals surface area contributed by atoms with E-state index >= 15 is 0 Å². The van der Waals surface area contributed by atoms with E-state index < -0.39 is 34.8 Å². The van der Waals surface area contributed by atoms with Crippen molar-refractivity contribution >= 4 is 17.9 Å². The number of aldehydes is 1. The van der Waals surface area contributed by atoms with Gasteiger partial charge in [-0.1, -0.05) is 0 Å². The number of phenols is 1. The SMILES string of the molecule is O=Cc1cc(C(=O)Nc2ccc(C(F)(F)F)cc2)cc(F)c1O. The summed E-state index contributed by atoms with van der Waals surface area (Å²) in [6.45, 7) is 0. The van der Waals surface area contributed by atoms with E-state index in [9.17, 15) is 32.3 Å². The number of alkyl halides is 3. The van der Waals surface area contributed by atoms with Gasteiger partial charge in [-0.2, -0.15) is 13.2 Å². The Kier molecular flexibility index (Phi) is 4.35. The van der Waals surface area contributed by atoms with E-state index in [-0.39, 0.29) is 17.5 Å². The lowest BCUT2D eigenvalue weighted by atomic mass is 10.1. The Bertz CT molecular complexity index is 755. The number of anilines is 1. The van der Waals surface area contributed by atoms with Crippen LogP contribution in [-0.4, -0.2) is 17.3 Å². The lowest BCUT2D eigenvalue weighted by Crippen LogP contribution is -2.13. The number of hydrogen-bond acceptors (Lipinski definition) is 3. The Balaban J connectivity index is 2.22. The summed E-state index contributed by atoms with van der Waals surface area (Å²) in [5, 5.41) is 11.5. The highest BCUT2D eigenvalue weighted by Crippen LogP contribution is 2.30. The van der Waals surface area contributed by atoms with E-state index in [2.05, 4.69) is 5.32 Å². The summed E-state index contributed by atoms with van der Waals surface area (Å²) < 4.78 is 50.7. The second kappa shape index (κ2) is 6.07. The van der Waals surface area contributed by atoms with Gasteiger partial charge in [0.15, 0.2) is 17.9 Å². The first-order chi connectivity index (χ1) is 10.7. The molecule has 2 aromatic rings. The van der Waals surface area contributed by atoms with E-state index in [4.69, 9.17) is 0 Å². The van der Waals surface area contributed by atoms with Crippen LogP contribution in [0.5, 0.6) is 5.75 Å². The molecule has 0 unspecified atom stereocenters. The zero-order valence-corrected chi connectivity index (χ0v) is 11.3. The summed E-state index contributed by atoms with van der Waals surface area (Å²) in [5.74, 6) is -2.88. The highest BCUT2D eigenvalue weighted by Gasteiger charge is 2.30. The lowest BCUT2D eigenvalue weighted by molar-refractivity contribution is -0.137. The van der Waals surface area contributed by atoms with Crippen molar-refractivity contribution in [1.82, 2.24) is 0 Å². The highest BCUT2D eigenvalue weighted by atomic mass is 19.4. The smallest absolute Gasteiger partial charge is 0.416 e. The predicted octanol–water partition coefficient (Wildman–Crippen LogP) is 3.61. The Morgan fingerprint density at radius 3 is 2.26 bits per heavy atom. The Labute approximate surface area is 127 Å². The maximum Gasteiger partial charge on any atom is 0.416 e. The molecule has 0 fully saturated rings. The molecule has 4 nitrogen and oxygen atoms in total. The molecule has 120 valence electrons. The van der Waals surface area contributed by atoms with E-state index in [1.807, 2.05) is 0 Å². The van der Waals surface area contributed by atoms with Crippen molar-refractivity contribution in [3.05, 3.63) is 58.9 Å². The van der Waals surface area contributed by atoms with Crippen LogP contribution in [-0.2, 0) is 6.18 Å². The normalized spacial score (nSPS) is 11.1. The van der Waals surface area contributed by atoms with Gasteiger partial charge in [0.25, 0.3) is 5.91 Å². The zero-order valence-electron chi connectivity index (χ0n) is 11.3.